The Hall–Kier alpha value is -1.99. The van der Waals surface area contributed by atoms with Gasteiger partial charge in [-0.1, -0.05) is 18.5 Å². The van der Waals surface area contributed by atoms with Crippen molar-refractivity contribution in [3.8, 4) is 11.4 Å². The number of hydrogen-bond acceptors (Lipinski definition) is 5. The third kappa shape index (κ3) is 4.22. The second kappa shape index (κ2) is 8.60. The molecule has 1 aliphatic rings. The number of halogens is 1. The van der Waals surface area contributed by atoms with Gasteiger partial charge >= 0.3 is 0 Å². The van der Waals surface area contributed by atoms with Gasteiger partial charge in [0.2, 0.25) is 11.7 Å². The highest BCUT2D eigenvalue weighted by atomic mass is 35.5. The van der Waals surface area contributed by atoms with Gasteiger partial charge in [-0.05, 0) is 68.3 Å². The van der Waals surface area contributed by atoms with E-state index in [4.69, 9.17) is 11.6 Å². The van der Waals surface area contributed by atoms with Crippen molar-refractivity contribution in [2.24, 2.45) is 5.92 Å². The number of carbonyl (C=O) groups is 1. The van der Waals surface area contributed by atoms with E-state index in [2.05, 4.69) is 20.7 Å². The number of amides is 1. The number of benzene rings is 1. The molecule has 0 spiro atoms. The van der Waals surface area contributed by atoms with E-state index in [0.29, 0.717) is 23.2 Å². The smallest absolute Gasteiger partial charge is 0.249 e. The molecule has 7 nitrogen and oxygen atoms in total. The van der Waals surface area contributed by atoms with Gasteiger partial charge in [0.1, 0.15) is 0 Å². The van der Waals surface area contributed by atoms with E-state index in [0.717, 1.165) is 38.0 Å². The maximum Gasteiger partial charge on any atom is 0.249 e. The molecule has 0 aliphatic carbocycles. The molecule has 26 heavy (non-hydrogen) atoms. The first kappa shape index (κ1) is 18.8. The summed E-state index contributed by atoms with van der Waals surface area (Å²) in [4.78, 5) is 16.4. The van der Waals surface area contributed by atoms with E-state index >= 15 is 0 Å². The zero-order chi connectivity index (χ0) is 18.5. The van der Waals surface area contributed by atoms with Crippen LogP contribution < -0.4 is 5.32 Å². The summed E-state index contributed by atoms with van der Waals surface area (Å²) >= 11 is 5.92. The average molecular weight is 377 g/mol. The van der Waals surface area contributed by atoms with Crippen LogP contribution in [0.5, 0.6) is 0 Å². The Kier molecular flexibility index (Phi) is 6.21. The average Bonchev–Trinajstić information content (AvgIpc) is 3.13. The lowest BCUT2D eigenvalue weighted by Crippen LogP contribution is -2.45. The van der Waals surface area contributed by atoms with Crippen LogP contribution in [0.25, 0.3) is 11.4 Å². The normalized spacial score (nSPS) is 18.7. The fourth-order valence-electron chi connectivity index (χ4n) is 3.44. The van der Waals surface area contributed by atoms with Crippen molar-refractivity contribution in [3.05, 3.63) is 29.3 Å². The predicted octanol–water partition coefficient (Wildman–Crippen LogP) is 2.40. The highest BCUT2D eigenvalue weighted by Gasteiger charge is 2.30. The quantitative estimate of drug-likeness (QED) is 0.837. The monoisotopic (exact) mass is 376 g/mol. The fourth-order valence-corrected chi connectivity index (χ4v) is 3.57. The Balaban J connectivity index is 1.74. The molecule has 3 rings (SSSR count). The second-order valence-electron chi connectivity index (χ2n) is 6.71. The number of likely N-dealkylation sites (tertiary alicyclic amines) is 1. The molecule has 1 fully saturated rings. The fraction of sp³-hybridized carbons (Fsp3) is 0.556. The number of rotatable bonds is 6. The van der Waals surface area contributed by atoms with Crippen LogP contribution >= 0.6 is 11.6 Å². The van der Waals surface area contributed by atoms with Crippen molar-refractivity contribution in [1.29, 1.82) is 0 Å². The lowest BCUT2D eigenvalue weighted by molar-refractivity contribution is -0.137. The summed E-state index contributed by atoms with van der Waals surface area (Å²) in [7, 11) is 1.95. The maximum absolute atomic E-state index is 13.0. The van der Waals surface area contributed by atoms with E-state index in [1.807, 2.05) is 31.0 Å². The lowest BCUT2D eigenvalue weighted by Gasteiger charge is -2.34. The van der Waals surface area contributed by atoms with E-state index in [1.165, 1.54) is 4.80 Å². The standard InChI is InChI=1S/C18H25ClN6O/c1-3-16(18(26)24-10-4-5-13(12-24)11-20-2)25-22-17(21-23-25)14-6-8-15(19)9-7-14/h6-9,13,16,20H,3-5,10-12H2,1-2H3. The van der Waals surface area contributed by atoms with Gasteiger partial charge in [0.25, 0.3) is 0 Å². The zero-order valence-electron chi connectivity index (χ0n) is 15.2. The molecular weight excluding hydrogens is 352 g/mol. The number of carbonyl (C=O) groups excluding carboxylic acids is 1. The van der Waals surface area contributed by atoms with Crippen LogP contribution in [0.15, 0.2) is 24.3 Å². The maximum atomic E-state index is 13.0. The van der Waals surface area contributed by atoms with Gasteiger partial charge in [0.05, 0.1) is 0 Å². The largest absolute Gasteiger partial charge is 0.340 e. The van der Waals surface area contributed by atoms with E-state index in [1.54, 1.807) is 12.1 Å². The Morgan fingerprint density at radius 2 is 2.15 bits per heavy atom. The molecule has 1 aromatic heterocycles. The lowest BCUT2D eigenvalue weighted by atomic mass is 9.97. The number of piperidine rings is 1. The summed E-state index contributed by atoms with van der Waals surface area (Å²) in [6.07, 6.45) is 2.82. The van der Waals surface area contributed by atoms with E-state index in [-0.39, 0.29) is 5.91 Å². The van der Waals surface area contributed by atoms with Crippen molar-refractivity contribution in [1.82, 2.24) is 30.4 Å². The molecule has 0 saturated carbocycles. The summed E-state index contributed by atoms with van der Waals surface area (Å²) in [5.74, 6) is 1.08. The third-order valence-corrected chi connectivity index (χ3v) is 5.06. The van der Waals surface area contributed by atoms with Crippen LogP contribution in [0.4, 0.5) is 0 Å². The molecule has 8 heteroatoms. The number of nitrogens with one attached hydrogen (secondary N) is 1. The molecule has 0 radical (unpaired) electrons. The van der Waals surface area contributed by atoms with Gasteiger partial charge in [-0.15, -0.1) is 10.2 Å². The molecule has 1 saturated heterocycles. The summed E-state index contributed by atoms with van der Waals surface area (Å²) in [6.45, 7) is 4.50. The van der Waals surface area contributed by atoms with Crippen LogP contribution in [0.2, 0.25) is 5.02 Å². The summed E-state index contributed by atoms with van der Waals surface area (Å²) in [5.41, 5.74) is 0.829. The molecule has 140 valence electrons. The second-order valence-corrected chi connectivity index (χ2v) is 7.15. The van der Waals surface area contributed by atoms with Gasteiger partial charge in [-0.2, -0.15) is 4.80 Å². The van der Waals surface area contributed by atoms with Crippen LogP contribution in [-0.2, 0) is 4.79 Å². The van der Waals surface area contributed by atoms with Crippen LogP contribution in [0.1, 0.15) is 32.2 Å². The summed E-state index contributed by atoms with van der Waals surface area (Å²) in [5, 5.41) is 16.6. The highest BCUT2D eigenvalue weighted by Crippen LogP contribution is 2.22. The first-order chi connectivity index (χ1) is 12.6. The molecule has 1 amide bonds. The molecular formula is C18H25ClN6O. The first-order valence-electron chi connectivity index (χ1n) is 9.11. The zero-order valence-corrected chi connectivity index (χ0v) is 16.0. The molecule has 1 aliphatic heterocycles. The number of aromatic nitrogens is 4. The summed E-state index contributed by atoms with van der Waals surface area (Å²) < 4.78 is 0. The molecule has 2 unspecified atom stereocenters. The molecule has 2 atom stereocenters. The Morgan fingerprint density at radius 1 is 1.38 bits per heavy atom. The first-order valence-corrected chi connectivity index (χ1v) is 9.49. The Bertz CT molecular complexity index is 730. The molecule has 2 heterocycles. The third-order valence-electron chi connectivity index (χ3n) is 4.80. The minimum atomic E-state index is -0.420. The van der Waals surface area contributed by atoms with Gasteiger partial charge in [0, 0.05) is 23.7 Å². The van der Waals surface area contributed by atoms with Crippen molar-refractivity contribution < 1.29 is 4.79 Å². The molecule has 1 aromatic carbocycles. The van der Waals surface area contributed by atoms with Crippen molar-refractivity contribution in [3.63, 3.8) is 0 Å². The topological polar surface area (TPSA) is 75.9 Å². The van der Waals surface area contributed by atoms with Gasteiger partial charge in [0.15, 0.2) is 6.04 Å². The van der Waals surface area contributed by atoms with Crippen LogP contribution in [0.3, 0.4) is 0 Å². The Labute approximate surface area is 158 Å². The van der Waals surface area contributed by atoms with Gasteiger partial charge in [-0.25, -0.2) is 0 Å². The van der Waals surface area contributed by atoms with E-state index in [9.17, 15) is 4.79 Å². The van der Waals surface area contributed by atoms with Gasteiger partial charge in [-0.3, -0.25) is 4.79 Å². The van der Waals surface area contributed by atoms with Crippen molar-refractivity contribution >= 4 is 17.5 Å². The van der Waals surface area contributed by atoms with Gasteiger partial charge < -0.3 is 10.2 Å². The van der Waals surface area contributed by atoms with Crippen molar-refractivity contribution in [2.75, 3.05) is 26.7 Å². The molecule has 2 aromatic rings. The molecule has 0 bridgehead atoms. The SMILES string of the molecule is CCC(C(=O)N1CCCC(CNC)C1)n1nnc(-c2ccc(Cl)cc2)n1. The minimum absolute atomic E-state index is 0.0772. The summed E-state index contributed by atoms with van der Waals surface area (Å²) in [6, 6.07) is 6.85. The predicted molar refractivity (Wildman–Crippen MR) is 101 cm³/mol. The van der Waals surface area contributed by atoms with Crippen LogP contribution in [0, 0.1) is 5.92 Å². The highest BCUT2D eigenvalue weighted by molar-refractivity contribution is 6.30. The van der Waals surface area contributed by atoms with Crippen LogP contribution in [-0.4, -0.2) is 57.7 Å². The number of tetrazole rings is 1. The Morgan fingerprint density at radius 3 is 2.85 bits per heavy atom. The number of hydrogen-bond donors (Lipinski definition) is 1. The molecule has 1 N–H and O–H groups in total. The van der Waals surface area contributed by atoms with Crippen molar-refractivity contribution in [2.45, 2.75) is 32.2 Å². The number of nitrogens with zero attached hydrogens (tertiary/aromatic N) is 5. The van der Waals surface area contributed by atoms with E-state index < -0.39 is 6.04 Å². The minimum Gasteiger partial charge on any atom is -0.340 e.